The fraction of sp³-hybridized carbons (Fsp3) is 0.389. The van der Waals surface area contributed by atoms with Gasteiger partial charge in [0.1, 0.15) is 30.5 Å². The maximum absolute atomic E-state index is 13.7. The molecule has 0 radical (unpaired) electrons. The van der Waals surface area contributed by atoms with Gasteiger partial charge in [0.05, 0.1) is 11.6 Å². The summed E-state index contributed by atoms with van der Waals surface area (Å²) < 4.78 is 15.1. The lowest BCUT2D eigenvalue weighted by molar-refractivity contribution is -0.0000454. The zero-order valence-corrected chi connectivity index (χ0v) is 26.1. The highest BCUT2D eigenvalue weighted by molar-refractivity contribution is 6.08. The van der Waals surface area contributed by atoms with E-state index in [4.69, 9.17) is 9.15 Å². The van der Waals surface area contributed by atoms with Gasteiger partial charge < -0.3 is 26.5 Å². The van der Waals surface area contributed by atoms with Crippen molar-refractivity contribution >= 4 is 22.6 Å². The number of esters is 1. The van der Waals surface area contributed by atoms with Crippen molar-refractivity contribution in [3.05, 3.63) is 83.7 Å². The van der Waals surface area contributed by atoms with Crippen LogP contribution in [-0.4, -0.2) is 38.3 Å². The molecule has 0 N–H and O–H groups in total. The van der Waals surface area contributed by atoms with Crippen LogP contribution in [0, 0.1) is 0 Å². The molecule has 0 saturated carbocycles. The molecule has 222 valence electrons. The lowest BCUT2D eigenvalue weighted by Gasteiger charge is -2.23. The Morgan fingerprint density at radius 3 is 2.43 bits per heavy atom. The number of halogens is 1. The van der Waals surface area contributed by atoms with Gasteiger partial charge in [0.2, 0.25) is 5.36 Å². The van der Waals surface area contributed by atoms with Crippen LogP contribution in [0.3, 0.4) is 0 Å². The van der Waals surface area contributed by atoms with Crippen LogP contribution < -0.4 is 27.2 Å². The molecule has 42 heavy (non-hydrogen) atoms. The van der Waals surface area contributed by atoms with Crippen LogP contribution in [0.15, 0.2) is 77.2 Å². The standard InChI is InChI=1S/C36H43N2O3.ClH/c1-5-37(6-2)26-20-22-31-33(24-26)41-34-25-27(38(7-3)8-4)21-23-32(34)35(31)29-18-14-15-19-30(29)36(39)40-28-16-12-10-9-11-13-17-28;/h9-10,14-15,18-25,28H,5-8,11-13,16-17H2,1-4H3;1H/q+1;/p-1/b10-9-;. The molecule has 6 heteroatoms. The summed E-state index contributed by atoms with van der Waals surface area (Å²) in [6.45, 7) is 12.3. The summed E-state index contributed by atoms with van der Waals surface area (Å²) in [5.41, 5.74) is 5.40. The van der Waals surface area contributed by atoms with Gasteiger partial charge in [-0.2, -0.15) is 0 Å². The third-order valence-corrected chi connectivity index (χ3v) is 8.36. The fourth-order valence-electron chi connectivity index (χ4n) is 6.07. The van der Waals surface area contributed by atoms with Gasteiger partial charge in [0, 0.05) is 47.4 Å². The Kier molecular flexibility index (Phi) is 10.9. The van der Waals surface area contributed by atoms with E-state index in [0.717, 1.165) is 103 Å². The molecular formula is C36H43ClN2O3. The van der Waals surface area contributed by atoms with Crippen molar-refractivity contribution in [1.82, 2.24) is 4.58 Å². The largest absolute Gasteiger partial charge is 1.00 e. The molecule has 2 aromatic rings. The van der Waals surface area contributed by atoms with Crippen LogP contribution in [0.4, 0.5) is 5.69 Å². The van der Waals surface area contributed by atoms with E-state index < -0.39 is 0 Å². The summed E-state index contributed by atoms with van der Waals surface area (Å²) in [6, 6.07) is 20.8. The van der Waals surface area contributed by atoms with E-state index in [1.54, 1.807) is 0 Å². The van der Waals surface area contributed by atoms with Gasteiger partial charge in [0.25, 0.3) is 0 Å². The van der Waals surface area contributed by atoms with Crippen LogP contribution >= 0.6 is 0 Å². The number of nitrogens with zero attached hydrogens (tertiary/aromatic N) is 2. The highest BCUT2D eigenvalue weighted by Gasteiger charge is 2.25. The number of benzene rings is 3. The summed E-state index contributed by atoms with van der Waals surface area (Å²) in [4.78, 5) is 16.1. The summed E-state index contributed by atoms with van der Waals surface area (Å²) in [5.74, 6) is 0.556. The molecule has 1 heterocycles. The number of anilines is 1. The van der Waals surface area contributed by atoms with Crippen LogP contribution in [0.1, 0.15) is 70.2 Å². The number of carbonyl (C=O) groups excluding carboxylic acids is 1. The Hall–Kier alpha value is -3.57. The topological polar surface area (TPSA) is 45.7 Å². The Morgan fingerprint density at radius 1 is 0.905 bits per heavy atom. The maximum atomic E-state index is 13.7. The Labute approximate surface area is 256 Å². The molecule has 3 aliphatic rings. The van der Waals surface area contributed by atoms with Crippen molar-refractivity contribution in [1.29, 1.82) is 0 Å². The van der Waals surface area contributed by atoms with Crippen LogP contribution in [0.25, 0.3) is 33.4 Å². The van der Waals surface area contributed by atoms with E-state index in [9.17, 15) is 4.79 Å². The Balaban J connectivity index is 0.00000405. The molecule has 0 amide bonds. The average molecular weight is 587 g/mol. The Bertz CT molecular complexity index is 1580. The molecule has 0 aromatic heterocycles. The van der Waals surface area contributed by atoms with E-state index in [1.165, 1.54) is 0 Å². The van der Waals surface area contributed by atoms with Gasteiger partial charge in [-0.1, -0.05) is 30.4 Å². The molecule has 1 aliphatic heterocycles. The van der Waals surface area contributed by atoms with Crippen molar-refractivity contribution in [3.63, 3.8) is 0 Å². The molecule has 2 aromatic carbocycles. The van der Waals surface area contributed by atoms with Crippen LogP contribution in [0.2, 0.25) is 0 Å². The zero-order chi connectivity index (χ0) is 28.8. The van der Waals surface area contributed by atoms with Crippen molar-refractivity contribution in [2.75, 3.05) is 31.1 Å². The highest BCUT2D eigenvalue weighted by atomic mass is 35.5. The second kappa shape index (κ2) is 14.6. The minimum Gasteiger partial charge on any atom is -1.00 e. The maximum Gasteiger partial charge on any atom is 0.339 e. The summed E-state index contributed by atoms with van der Waals surface area (Å²) in [5, 5.41) is 2.11. The van der Waals surface area contributed by atoms with Gasteiger partial charge in [-0.15, -0.1) is 0 Å². The average Bonchev–Trinajstić information content (AvgIpc) is 2.98. The van der Waals surface area contributed by atoms with Crippen molar-refractivity contribution in [3.8, 4) is 22.5 Å². The van der Waals surface area contributed by atoms with E-state index in [1.807, 2.05) is 24.3 Å². The number of hydrogen-bond acceptors (Lipinski definition) is 4. The number of ether oxygens (including phenoxy) is 1. The van der Waals surface area contributed by atoms with Gasteiger partial charge in [0.15, 0.2) is 0 Å². The third-order valence-electron chi connectivity index (χ3n) is 8.36. The zero-order valence-electron chi connectivity index (χ0n) is 25.4. The molecule has 0 saturated heterocycles. The third kappa shape index (κ3) is 6.57. The lowest BCUT2D eigenvalue weighted by atomic mass is 9.90. The number of carbonyl (C=O) groups is 1. The molecule has 5 rings (SSSR count). The van der Waals surface area contributed by atoms with Crippen molar-refractivity contribution in [2.45, 2.75) is 65.9 Å². The summed E-state index contributed by atoms with van der Waals surface area (Å²) in [6.07, 6.45) is 9.17. The normalized spacial score (nSPS) is 15.9. The molecule has 0 fully saturated rings. The minimum atomic E-state index is -0.253. The van der Waals surface area contributed by atoms with Crippen LogP contribution in [0.5, 0.6) is 0 Å². The SMILES string of the molecule is CCN(CC)c1ccc2c(-c3ccccc3C(=O)OC3CC/C=C\CCC3)c3ccc(=[N+](CC)CC)cc-3oc2c1.[Cl-]. The molecule has 1 unspecified atom stereocenters. The van der Waals surface area contributed by atoms with E-state index >= 15 is 0 Å². The lowest BCUT2D eigenvalue weighted by Crippen LogP contribution is -3.00. The molecule has 1 atom stereocenters. The first-order valence-electron chi connectivity index (χ1n) is 15.4. The summed E-state index contributed by atoms with van der Waals surface area (Å²) in [7, 11) is 0. The van der Waals surface area contributed by atoms with E-state index in [-0.39, 0.29) is 24.5 Å². The smallest absolute Gasteiger partial charge is 0.339 e. The number of rotatable bonds is 8. The first-order chi connectivity index (χ1) is 20.1. The van der Waals surface area contributed by atoms with Crippen molar-refractivity contribution in [2.24, 2.45) is 0 Å². The van der Waals surface area contributed by atoms with E-state index in [0.29, 0.717) is 5.56 Å². The van der Waals surface area contributed by atoms with Gasteiger partial charge in [-0.3, -0.25) is 0 Å². The molecule has 5 nitrogen and oxygen atoms in total. The molecule has 0 bridgehead atoms. The number of allylic oxidation sites excluding steroid dienone is 2. The molecule has 2 aliphatic carbocycles. The van der Waals surface area contributed by atoms with Gasteiger partial charge in [-0.25, -0.2) is 9.37 Å². The predicted octanol–water partition coefficient (Wildman–Crippen LogP) is 4.91. The van der Waals surface area contributed by atoms with Gasteiger partial charge in [-0.05, 0) is 89.6 Å². The second-order valence-corrected chi connectivity index (χ2v) is 10.7. The Morgan fingerprint density at radius 2 is 1.67 bits per heavy atom. The monoisotopic (exact) mass is 586 g/mol. The predicted molar refractivity (Wildman–Crippen MR) is 170 cm³/mol. The molecular weight excluding hydrogens is 544 g/mol. The second-order valence-electron chi connectivity index (χ2n) is 10.7. The fourth-order valence-corrected chi connectivity index (χ4v) is 6.07. The first-order valence-corrected chi connectivity index (χ1v) is 15.4. The van der Waals surface area contributed by atoms with Crippen molar-refractivity contribution < 1.29 is 26.4 Å². The van der Waals surface area contributed by atoms with Crippen LogP contribution in [-0.2, 0) is 4.74 Å². The summed E-state index contributed by atoms with van der Waals surface area (Å²) >= 11 is 0. The molecule has 0 spiro atoms. The highest BCUT2D eigenvalue weighted by Crippen LogP contribution is 2.42. The minimum absolute atomic E-state index is 0. The van der Waals surface area contributed by atoms with E-state index in [2.05, 4.69) is 85.7 Å². The number of fused-ring (bicyclic) bond motifs is 2. The first kappa shape index (κ1) is 31.4. The quantitative estimate of drug-likeness (QED) is 0.127. The van der Waals surface area contributed by atoms with Gasteiger partial charge >= 0.3 is 5.97 Å². The number of hydrogen-bond donors (Lipinski definition) is 0.